The van der Waals surface area contributed by atoms with E-state index in [-0.39, 0.29) is 35.1 Å². The Morgan fingerprint density at radius 2 is 0.727 bits per heavy atom. The topological polar surface area (TPSA) is 105 Å². The first-order chi connectivity index (χ1) is 10.4. The Morgan fingerprint density at radius 3 is 0.864 bits per heavy atom. The Morgan fingerprint density at radius 1 is 0.545 bits per heavy atom. The third-order valence-electron chi connectivity index (χ3n) is 3.16. The third kappa shape index (κ3) is 3.33. The lowest BCUT2D eigenvalue weighted by Crippen LogP contribution is -2.25. The maximum Gasteiger partial charge on any atom is 0.334 e. The van der Waals surface area contributed by atoms with E-state index in [1.54, 1.807) is 0 Å². The van der Waals surface area contributed by atoms with E-state index in [0.717, 1.165) is 28.4 Å². The summed E-state index contributed by atoms with van der Waals surface area (Å²) < 4.78 is 18.4. The van der Waals surface area contributed by atoms with Crippen molar-refractivity contribution in [1.82, 2.24) is 0 Å². The van der Waals surface area contributed by atoms with Crippen LogP contribution in [0.2, 0.25) is 0 Å². The summed E-state index contributed by atoms with van der Waals surface area (Å²) in [7, 11) is 4.56. The number of methoxy groups -OCH3 is 4. The standard InChI is InChI=1S/C14H16O8/c1-19-11(15)7-5-9(13(17)21-3)10(14(18)22-4)6-8(7)12(16)20-2/h5-6H2,1-4H3. The van der Waals surface area contributed by atoms with Crippen LogP contribution < -0.4 is 0 Å². The van der Waals surface area contributed by atoms with Crippen LogP contribution >= 0.6 is 0 Å². The molecule has 0 saturated carbocycles. The third-order valence-corrected chi connectivity index (χ3v) is 3.16. The van der Waals surface area contributed by atoms with Crippen molar-refractivity contribution in [3.8, 4) is 0 Å². The van der Waals surface area contributed by atoms with Gasteiger partial charge in [-0.3, -0.25) is 0 Å². The van der Waals surface area contributed by atoms with Crippen LogP contribution in [0.25, 0.3) is 0 Å². The second-order valence-corrected chi connectivity index (χ2v) is 4.23. The van der Waals surface area contributed by atoms with E-state index in [1.807, 2.05) is 0 Å². The summed E-state index contributed by atoms with van der Waals surface area (Å²) in [5.41, 5.74) is -0.213. The van der Waals surface area contributed by atoms with Gasteiger partial charge in [-0.25, -0.2) is 19.2 Å². The molecular weight excluding hydrogens is 296 g/mol. The molecule has 0 heterocycles. The van der Waals surface area contributed by atoms with Crippen molar-refractivity contribution in [2.24, 2.45) is 0 Å². The van der Waals surface area contributed by atoms with Gasteiger partial charge in [-0.15, -0.1) is 0 Å². The molecule has 22 heavy (non-hydrogen) atoms. The van der Waals surface area contributed by atoms with Crippen LogP contribution in [0.4, 0.5) is 0 Å². The van der Waals surface area contributed by atoms with Gasteiger partial charge in [0.05, 0.1) is 50.7 Å². The van der Waals surface area contributed by atoms with Crippen LogP contribution in [0.15, 0.2) is 22.3 Å². The molecule has 0 atom stereocenters. The average Bonchev–Trinajstić information content (AvgIpc) is 2.57. The molecule has 0 aromatic carbocycles. The van der Waals surface area contributed by atoms with Crippen molar-refractivity contribution in [2.75, 3.05) is 28.4 Å². The number of ether oxygens (including phenoxy) is 4. The molecule has 0 amide bonds. The summed E-state index contributed by atoms with van der Waals surface area (Å²) in [5, 5.41) is 0. The largest absolute Gasteiger partial charge is 0.466 e. The molecule has 8 heteroatoms. The minimum absolute atomic E-state index is 0.0533. The first-order valence-electron chi connectivity index (χ1n) is 6.18. The summed E-state index contributed by atoms with van der Waals surface area (Å²) in [4.78, 5) is 47.3. The Kier molecular flexibility index (Phi) is 5.85. The molecule has 1 aliphatic rings. The molecule has 0 unspecified atom stereocenters. The summed E-state index contributed by atoms with van der Waals surface area (Å²) >= 11 is 0. The van der Waals surface area contributed by atoms with Gasteiger partial charge in [0.25, 0.3) is 0 Å². The second-order valence-electron chi connectivity index (χ2n) is 4.23. The van der Waals surface area contributed by atoms with Crippen molar-refractivity contribution >= 4 is 23.9 Å². The predicted molar refractivity (Wildman–Crippen MR) is 71.4 cm³/mol. The number of carbonyl (C=O) groups excluding carboxylic acids is 4. The van der Waals surface area contributed by atoms with E-state index in [0.29, 0.717) is 0 Å². The van der Waals surface area contributed by atoms with Crippen molar-refractivity contribution in [3.63, 3.8) is 0 Å². The Hall–Kier alpha value is -2.64. The van der Waals surface area contributed by atoms with E-state index < -0.39 is 23.9 Å². The van der Waals surface area contributed by atoms with Gasteiger partial charge < -0.3 is 18.9 Å². The van der Waals surface area contributed by atoms with Gasteiger partial charge >= 0.3 is 23.9 Å². The molecule has 0 saturated heterocycles. The molecule has 0 aliphatic heterocycles. The second kappa shape index (κ2) is 7.39. The van der Waals surface area contributed by atoms with Crippen LogP contribution in [0, 0.1) is 0 Å². The molecule has 0 spiro atoms. The minimum Gasteiger partial charge on any atom is -0.466 e. The molecule has 0 aromatic rings. The normalized spacial score (nSPS) is 14.4. The fourth-order valence-electron chi connectivity index (χ4n) is 2.05. The van der Waals surface area contributed by atoms with Crippen LogP contribution in [0.1, 0.15) is 12.8 Å². The Labute approximate surface area is 126 Å². The summed E-state index contributed by atoms with van der Waals surface area (Å²) in [6.45, 7) is 0. The number of carbonyl (C=O) groups is 4. The van der Waals surface area contributed by atoms with Crippen LogP contribution in [0.5, 0.6) is 0 Å². The molecule has 1 aliphatic carbocycles. The van der Waals surface area contributed by atoms with Gasteiger partial charge in [0.15, 0.2) is 0 Å². The predicted octanol–water partition coefficient (Wildman–Crippen LogP) is 0.0654. The number of hydrogen-bond acceptors (Lipinski definition) is 8. The first kappa shape index (κ1) is 17.4. The maximum absolute atomic E-state index is 11.8. The van der Waals surface area contributed by atoms with E-state index in [9.17, 15) is 19.2 Å². The molecule has 8 nitrogen and oxygen atoms in total. The van der Waals surface area contributed by atoms with Crippen molar-refractivity contribution in [1.29, 1.82) is 0 Å². The molecule has 120 valence electrons. The molecule has 0 radical (unpaired) electrons. The van der Waals surface area contributed by atoms with Crippen LogP contribution in [-0.4, -0.2) is 52.3 Å². The molecule has 1 rings (SSSR count). The van der Waals surface area contributed by atoms with Crippen LogP contribution in [-0.2, 0) is 38.1 Å². The monoisotopic (exact) mass is 312 g/mol. The summed E-state index contributed by atoms with van der Waals surface area (Å²) in [6.07, 6.45) is -0.567. The minimum atomic E-state index is -0.786. The van der Waals surface area contributed by atoms with Gasteiger partial charge in [0.2, 0.25) is 0 Å². The Balaban J connectivity index is 3.40. The summed E-state index contributed by atoms with van der Waals surface area (Å²) in [6, 6.07) is 0. The average molecular weight is 312 g/mol. The number of esters is 4. The van der Waals surface area contributed by atoms with E-state index >= 15 is 0 Å². The highest BCUT2D eigenvalue weighted by molar-refractivity contribution is 6.08. The number of hydrogen-bond donors (Lipinski definition) is 0. The Bertz CT molecular complexity index is 482. The van der Waals surface area contributed by atoms with Crippen molar-refractivity contribution in [3.05, 3.63) is 22.3 Å². The zero-order valence-corrected chi connectivity index (χ0v) is 12.7. The highest BCUT2D eigenvalue weighted by Crippen LogP contribution is 2.32. The SMILES string of the molecule is COC(=O)C1=C(C(=O)OC)CC(C(=O)OC)=C(C(=O)OC)C1. The molecule has 0 fully saturated rings. The maximum atomic E-state index is 11.8. The van der Waals surface area contributed by atoms with Gasteiger partial charge in [-0.05, 0) is 0 Å². The van der Waals surface area contributed by atoms with Gasteiger partial charge in [-0.1, -0.05) is 0 Å². The number of rotatable bonds is 4. The highest BCUT2D eigenvalue weighted by Gasteiger charge is 2.35. The van der Waals surface area contributed by atoms with Crippen molar-refractivity contribution < 1.29 is 38.1 Å². The van der Waals surface area contributed by atoms with Gasteiger partial charge in [0, 0.05) is 12.8 Å². The van der Waals surface area contributed by atoms with E-state index in [1.165, 1.54) is 0 Å². The van der Waals surface area contributed by atoms with Gasteiger partial charge in [-0.2, -0.15) is 0 Å². The fourth-order valence-corrected chi connectivity index (χ4v) is 2.05. The van der Waals surface area contributed by atoms with Gasteiger partial charge in [0.1, 0.15) is 0 Å². The molecule has 0 bridgehead atoms. The molecule has 0 N–H and O–H groups in total. The quantitative estimate of drug-likeness (QED) is 0.530. The van der Waals surface area contributed by atoms with E-state index in [2.05, 4.69) is 18.9 Å². The first-order valence-corrected chi connectivity index (χ1v) is 6.18. The lowest BCUT2D eigenvalue weighted by Gasteiger charge is -2.21. The fraction of sp³-hybridized carbons (Fsp3) is 0.429. The molecular formula is C14H16O8. The summed E-state index contributed by atoms with van der Waals surface area (Å²) in [5.74, 6) is -3.15. The van der Waals surface area contributed by atoms with Crippen LogP contribution in [0.3, 0.4) is 0 Å². The molecule has 0 aromatic heterocycles. The van der Waals surface area contributed by atoms with Crippen molar-refractivity contribution in [2.45, 2.75) is 12.8 Å². The smallest absolute Gasteiger partial charge is 0.334 e. The zero-order chi connectivity index (χ0) is 16.9. The highest BCUT2D eigenvalue weighted by atomic mass is 16.5. The lowest BCUT2D eigenvalue weighted by atomic mass is 9.85. The lowest BCUT2D eigenvalue weighted by molar-refractivity contribution is -0.141. The van der Waals surface area contributed by atoms with E-state index in [4.69, 9.17) is 0 Å². The zero-order valence-electron chi connectivity index (χ0n) is 12.7.